The molecule has 0 aliphatic heterocycles. The smallest absolute Gasteiger partial charge is 0.251 e. The van der Waals surface area contributed by atoms with Crippen molar-refractivity contribution in [1.82, 2.24) is 15.5 Å². The zero-order chi connectivity index (χ0) is 14.0. The molecule has 2 aromatic rings. The van der Waals surface area contributed by atoms with Gasteiger partial charge < -0.3 is 14.2 Å². The van der Waals surface area contributed by atoms with Gasteiger partial charge in [-0.2, -0.15) is 0 Å². The maximum absolute atomic E-state index is 5.66. The van der Waals surface area contributed by atoms with E-state index in [1.807, 2.05) is 19.9 Å². The molecule has 5 heteroatoms. The number of rotatable bonds is 4. The van der Waals surface area contributed by atoms with E-state index < -0.39 is 0 Å². The first-order valence-corrected chi connectivity index (χ1v) is 6.50. The van der Waals surface area contributed by atoms with Gasteiger partial charge in [0.05, 0.1) is 5.56 Å². The van der Waals surface area contributed by atoms with Crippen molar-refractivity contribution in [2.75, 3.05) is 6.54 Å². The molecule has 2 rings (SSSR count). The Labute approximate surface area is 113 Å². The molecule has 0 unspecified atom stereocenters. The van der Waals surface area contributed by atoms with E-state index in [1.54, 1.807) is 0 Å². The van der Waals surface area contributed by atoms with Crippen molar-refractivity contribution in [1.29, 1.82) is 0 Å². The van der Waals surface area contributed by atoms with Crippen molar-refractivity contribution < 1.29 is 8.83 Å². The molecular formula is C14H21N3O2. The van der Waals surface area contributed by atoms with Gasteiger partial charge in [-0.1, -0.05) is 0 Å². The molecule has 2 heterocycles. The largest absolute Gasteiger partial charge is 0.466 e. The summed E-state index contributed by atoms with van der Waals surface area (Å²) in [5.74, 6) is 2.83. The fourth-order valence-electron chi connectivity index (χ4n) is 1.85. The second kappa shape index (κ2) is 5.17. The molecule has 104 valence electrons. The first-order chi connectivity index (χ1) is 8.85. The minimum atomic E-state index is 0.0983. The second-order valence-corrected chi connectivity index (χ2v) is 5.75. The van der Waals surface area contributed by atoms with Crippen LogP contribution in [0.3, 0.4) is 0 Å². The van der Waals surface area contributed by atoms with E-state index in [0.29, 0.717) is 11.8 Å². The van der Waals surface area contributed by atoms with Gasteiger partial charge in [-0.05, 0) is 40.7 Å². The van der Waals surface area contributed by atoms with Gasteiger partial charge in [0.1, 0.15) is 11.5 Å². The van der Waals surface area contributed by atoms with Crippen LogP contribution in [0.1, 0.15) is 38.2 Å². The van der Waals surface area contributed by atoms with Crippen LogP contribution in [0.15, 0.2) is 14.9 Å². The number of nitrogens with one attached hydrogen (secondary N) is 1. The van der Waals surface area contributed by atoms with E-state index in [0.717, 1.165) is 30.0 Å². The summed E-state index contributed by atoms with van der Waals surface area (Å²) in [6, 6.07) is 1.92. The van der Waals surface area contributed by atoms with E-state index in [-0.39, 0.29) is 5.54 Å². The van der Waals surface area contributed by atoms with Gasteiger partial charge in [-0.15, -0.1) is 10.2 Å². The highest BCUT2D eigenvalue weighted by atomic mass is 16.4. The number of furan rings is 1. The summed E-state index contributed by atoms with van der Waals surface area (Å²) < 4.78 is 11.1. The molecule has 0 atom stereocenters. The number of aromatic nitrogens is 2. The molecule has 0 radical (unpaired) electrons. The van der Waals surface area contributed by atoms with Crippen molar-refractivity contribution in [3.8, 4) is 11.5 Å². The van der Waals surface area contributed by atoms with Crippen molar-refractivity contribution in [3.63, 3.8) is 0 Å². The maximum atomic E-state index is 5.66. The zero-order valence-electron chi connectivity index (χ0n) is 12.2. The van der Waals surface area contributed by atoms with Crippen LogP contribution in [0.2, 0.25) is 0 Å². The van der Waals surface area contributed by atoms with Crippen molar-refractivity contribution in [2.45, 2.75) is 46.6 Å². The molecular weight excluding hydrogens is 242 g/mol. The minimum absolute atomic E-state index is 0.0983. The molecule has 19 heavy (non-hydrogen) atoms. The maximum Gasteiger partial charge on any atom is 0.251 e. The lowest BCUT2D eigenvalue weighted by Gasteiger charge is -2.19. The topological polar surface area (TPSA) is 64.1 Å². The minimum Gasteiger partial charge on any atom is -0.466 e. The van der Waals surface area contributed by atoms with Crippen LogP contribution in [0.5, 0.6) is 0 Å². The van der Waals surface area contributed by atoms with Gasteiger partial charge in [0.2, 0.25) is 5.89 Å². The van der Waals surface area contributed by atoms with E-state index in [9.17, 15) is 0 Å². The Hall–Kier alpha value is -1.62. The molecule has 0 aromatic carbocycles. The molecule has 0 aliphatic rings. The molecule has 0 aliphatic carbocycles. The summed E-state index contributed by atoms with van der Waals surface area (Å²) in [6.07, 6.45) is 0.722. The molecule has 0 bridgehead atoms. The summed E-state index contributed by atoms with van der Waals surface area (Å²) in [4.78, 5) is 0. The summed E-state index contributed by atoms with van der Waals surface area (Å²) in [6.45, 7) is 11.0. The molecule has 0 fully saturated rings. The summed E-state index contributed by atoms with van der Waals surface area (Å²) >= 11 is 0. The third-order valence-electron chi connectivity index (χ3n) is 2.73. The lowest BCUT2D eigenvalue weighted by atomic mass is 10.1. The van der Waals surface area contributed by atoms with Crippen molar-refractivity contribution in [3.05, 3.63) is 23.5 Å². The number of nitrogens with zero attached hydrogens (tertiary/aromatic N) is 2. The quantitative estimate of drug-likeness (QED) is 0.918. The Morgan fingerprint density at radius 1 is 1.16 bits per heavy atom. The van der Waals surface area contributed by atoms with Crippen LogP contribution in [-0.4, -0.2) is 22.3 Å². The van der Waals surface area contributed by atoms with E-state index in [1.165, 1.54) is 0 Å². The monoisotopic (exact) mass is 263 g/mol. The molecule has 5 nitrogen and oxygen atoms in total. The summed E-state index contributed by atoms with van der Waals surface area (Å²) in [7, 11) is 0. The van der Waals surface area contributed by atoms with Crippen LogP contribution >= 0.6 is 0 Å². The van der Waals surface area contributed by atoms with Crippen LogP contribution < -0.4 is 5.32 Å². The second-order valence-electron chi connectivity index (χ2n) is 5.75. The van der Waals surface area contributed by atoms with Crippen LogP contribution in [0, 0.1) is 13.8 Å². The Balaban J connectivity index is 2.01. The fourth-order valence-corrected chi connectivity index (χ4v) is 1.85. The third-order valence-corrected chi connectivity index (χ3v) is 2.73. The number of hydrogen-bond acceptors (Lipinski definition) is 5. The van der Waals surface area contributed by atoms with Gasteiger partial charge >= 0.3 is 0 Å². The molecule has 0 saturated carbocycles. The summed E-state index contributed by atoms with van der Waals surface area (Å²) in [5, 5.41) is 11.5. The van der Waals surface area contributed by atoms with E-state index in [2.05, 4.69) is 36.3 Å². The lowest BCUT2D eigenvalue weighted by molar-refractivity contribution is 0.411. The Morgan fingerprint density at radius 2 is 1.89 bits per heavy atom. The van der Waals surface area contributed by atoms with Gasteiger partial charge in [0, 0.05) is 18.5 Å². The normalized spacial score (nSPS) is 12.1. The van der Waals surface area contributed by atoms with Gasteiger partial charge in [0.15, 0.2) is 0 Å². The highest BCUT2D eigenvalue weighted by molar-refractivity contribution is 5.55. The Morgan fingerprint density at radius 3 is 2.47 bits per heavy atom. The average Bonchev–Trinajstić information content (AvgIpc) is 2.83. The summed E-state index contributed by atoms with van der Waals surface area (Å²) in [5.41, 5.74) is 0.973. The predicted molar refractivity (Wildman–Crippen MR) is 72.9 cm³/mol. The third kappa shape index (κ3) is 3.67. The van der Waals surface area contributed by atoms with Gasteiger partial charge in [0.25, 0.3) is 5.89 Å². The van der Waals surface area contributed by atoms with E-state index in [4.69, 9.17) is 8.83 Å². The van der Waals surface area contributed by atoms with Crippen molar-refractivity contribution in [2.24, 2.45) is 0 Å². The van der Waals surface area contributed by atoms with Gasteiger partial charge in [-0.25, -0.2) is 0 Å². The Bertz CT molecular complexity index is 549. The standard InChI is InChI=1S/C14H21N3O2/c1-9-8-11(10(2)18-9)13-17-16-12(19-13)6-7-15-14(3,4)5/h8,15H,6-7H2,1-5H3. The fraction of sp³-hybridized carbons (Fsp3) is 0.571. The molecule has 2 aromatic heterocycles. The molecule has 0 saturated heterocycles. The number of aryl methyl sites for hydroxylation is 2. The lowest BCUT2D eigenvalue weighted by Crippen LogP contribution is -2.37. The molecule has 0 spiro atoms. The highest BCUT2D eigenvalue weighted by Gasteiger charge is 2.15. The van der Waals surface area contributed by atoms with E-state index >= 15 is 0 Å². The highest BCUT2D eigenvalue weighted by Crippen LogP contribution is 2.25. The number of hydrogen-bond donors (Lipinski definition) is 1. The van der Waals surface area contributed by atoms with Crippen LogP contribution in [-0.2, 0) is 6.42 Å². The Kier molecular flexibility index (Phi) is 3.75. The molecule has 0 amide bonds. The first kappa shape index (κ1) is 13.8. The van der Waals surface area contributed by atoms with Crippen LogP contribution in [0.4, 0.5) is 0 Å². The molecule has 1 N–H and O–H groups in total. The van der Waals surface area contributed by atoms with Crippen LogP contribution in [0.25, 0.3) is 11.5 Å². The predicted octanol–water partition coefficient (Wildman–Crippen LogP) is 2.88. The first-order valence-electron chi connectivity index (χ1n) is 6.50. The van der Waals surface area contributed by atoms with Gasteiger partial charge in [-0.3, -0.25) is 0 Å². The zero-order valence-corrected chi connectivity index (χ0v) is 12.2. The van der Waals surface area contributed by atoms with Crippen molar-refractivity contribution >= 4 is 0 Å². The SMILES string of the molecule is Cc1cc(-c2nnc(CCNC(C)(C)C)o2)c(C)o1. The average molecular weight is 263 g/mol.